The third-order valence-electron chi connectivity index (χ3n) is 8.26. The smallest absolute Gasteiger partial charge is 0.293 e. The van der Waals surface area contributed by atoms with Crippen molar-refractivity contribution in [1.29, 1.82) is 0 Å². The number of rotatable bonds is 10. The van der Waals surface area contributed by atoms with Gasteiger partial charge in [0.1, 0.15) is 0 Å². The van der Waals surface area contributed by atoms with E-state index in [0.717, 1.165) is 37.8 Å². The number of anilines is 2. The second-order valence-corrected chi connectivity index (χ2v) is 11.0. The lowest BCUT2D eigenvalue weighted by Crippen LogP contribution is -2.52. The Morgan fingerprint density at radius 1 is 1.18 bits per heavy atom. The second kappa shape index (κ2) is 12.1. The van der Waals surface area contributed by atoms with Gasteiger partial charge in [-0.25, -0.2) is 0 Å². The summed E-state index contributed by atoms with van der Waals surface area (Å²) in [5.74, 6) is -0.258. The summed E-state index contributed by atoms with van der Waals surface area (Å²) in [6.07, 6.45) is 5.99. The Hall–Kier alpha value is -2.95. The Morgan fingerprint density at radius 2 is 1.97 bits per heavy atom. The van der Waals surface area contributed by atoms with Gasteiger partial charge in [-0.2, -0.15) is 0 Å². The first kappa shape index (κ1) is 27.6. The fourth-order valence-electron chi connectivity index (χ4n) is 6.03. The predicted octanol–water partition coefficient (Wildman–Crippen LogP) is 2.37. The molecule has 1 aromatic carbocycles. The van der Waals surface area contributed by atoms with Crippen LogP contribution >= 0.6 is 0 Å². The van der Waals surface area contributed by atoms with Gasteiger partial charge >= 0.3 is 0 Å². The summed E-state index contributed by atoms with van der Waals surface area (Å²) in [5.41, 5.74) is 1.37. The summed E-state index contributed by atoms with van der Waals surface area (Å²) in [5, 5.41) is 6.50. The number of fused-ring (bicyclic) bond motifs is 1. The molecule has 1 aromatic rings. The van der Waals surface area contributed by atoms with Crippen LogP contribution < -0.4 is 25.2 Å². The Bertz CT molecular complexity index is 1110. The fourth-order valence-corrected chi connectivity index (χ4v) is 6.03. The van der Waals surface area contributed by atoms with Gasteiger partial charge in [0.05, 0.1) is 29.7 Å². The maximum atomic E-state index is 14.0. The largest absolute Gasteiger partial charge is 0.450 e. The van der Waals surface area contributed by atoms with E-state index in [9.17, 15) is 14.4 Å². The zero-order chi connectivity index (χ0) is 27.5. The molecule has 212 valence electrons. The zero-order valence-corrected chi connectivity index (χ0v) is 22.9. The molecule has 0 bridgehead atoms. The average molecular weight is 541 g/mol. The first-order valence-corrected chi connectivity index (χ1v) is 14.1. The van der Waals surface area contributed by atoms with Gasteiger partial charge in [0.15, 0.2) is 11.5 Å². The quantitative estimate of drug-likeness (QED) is 0.346. The molecule has 3 amide bonds. The highest BCUT2D eigenvalue weighted by molar-refractivity contribution is 6.08. The lowest BCUT2D eigenvalue weighted by molar-refractivity contribution is -0.129. The van der Waals surface area contributed by atoms with Crippen molar-refractivity contribution in [1.82, 2.24) is 10.6 Å². The van der Waals surface area contributed by atoms with Crippen LogP contribution in [-0.4, -0.2) is 76.4 Å². The van der Waals surface area contributed by atoms with Gasteiger partial charge < -0.3 is 34.6 Å². The highest BCUT2D eigenvalue weighted by Crippen LogP contribution is 2.41. The van der Waals surface area contributed by atoms with Crippen LogP contribution in [-0.2, 0) is 23.9 Å². The van der Waals surface area contributed by atoms with Crippen LogP contribution in [0.3, 0.4) is 0 Å². The molecule has 10 nitrogen and oxygen atoms in total. The Morgan fingerprint density at radius 3 is 2.72 bits per heavy atom. The standard InChI is InChI=1S/C29H40N4O6/c1-18-28(35)32(12-5-13-37-2)24-15-22(10-11-26(24)39-18)33(21-8-9-21)29(36)20-14-19(16-30-17-20)27(34)31-23-6-4-7-25(23)38-3/h10-11,15,19-21,23,25,30H,1,4-9,12-14,16-17H2,2-3H3,(H,31,34)/t19-,20+,23-,25-/m0/s1. The summed E-state index contributed by atoms with van der Waals surface area (Å²) in [6.45, 7) is 5.83. The normalized spacial score (nSPS) is 26.7. The van der Waals surface area contributed by atoms with Crippen LogP contribution in [0.1, 0.15) is 44.9 Å². The molecule has 2 heterocycles. The topological polar surface area (TPSA) is 109 Å². The summed E-state index contributed by atoms with van der Waals surface area (Å²) in [4.78, 5) is 43.5. The third kappa shape index (κ3) is 5.97. The van der Waals surface area contributed by atoms with E-state index >= 15 is 0 Å². The molecule has 2 aliphatic heterocycles. The Labute approximate surface area is 230 Å². The highest BCUT2D eigenvalue weighted by Gasteiger charge is 2.41. The van der Waals surface area contributed by atoms with Crippen LogP contribution in [0.4, 0.5) is 11.4 Å². The molecule has 0 unspecified atom stereocenters. The molecule has 10 heteroatoms. The minimum Gasteiger partial charge on any atom is -0.450 e. The number of nitrogens with one attached hydrogen (secondary N) is 2. The van der Waals surface area contributed by atoms with Gasteiger partial charge in [-0.05, 0) is 63.1 Å². The van der Waals surface area contributed by atoms with Crippen LogP contribution in [0.15, 0.2) is 30.5 Å². The number of methoxy groups -OCH3 is 2. The van der Waals surface area contributed by atoms with Gasteiger partial charge in [-0.1, -0.05) is 6.58 Å². The van der Waals surface area contributed by atoms with Crippen molar-refractivity contribution in [2.75, 3.05) is 50.3 Å². The molecule has 3 fully saturated rings. The molecule has 4 atom stereocenters. The minimum absolute atomic E-state index is 0.0106. The van der Waals surface area contributed by atoms with Gasteiger partial charge in [-0.3, -0.25) is 14.4 Å². The maximum absolute atomic E-state index is 14.0. The van der Waals surface area contributed by atoms with E-state index in [2.05, 4.69) is 17.2 Å². The molecule has 0 aromatic heterocycles. The minimum atomic E-state index is -0.316. The van der Waals surface area contributed by atoms with Crippen molar-refractivity contribution in [3.63, 3.8) is 0 Å². The van der Waals surface area contributed by atoms with Crippen LogP contribution in [0, 0.1) is 11.8 Å². The molecule has 39 heavy (non-hydrogen) atoms. The fraction of sp³-hybridized carbons (Fsp3) is 0.621. The highest BCUT2D eigenvalue weighted by atomic mass is 16.5. The molecular formula is C29H40N4O6. The van der Waals surface area contributed by atoms with Crippen molar-refractivity contribution in [2.24, 2.45) is 11.8 Å². The molecule has 5 rings (SSSR count). The van der Waals surface area contributed by atoms with Crippen molar-refractivity contribution >= 4 is 29.1 Å². The molecule has 2 aliphatic carbocycles. The first-order valence-electron chi connectivity index (χ1n) is 14.1. The van der Waals surface area contributed by atoms with E-state index in [-0.39, 0.29) is 53.5 Å². The second-order valence-electron chi connectivity index (χ2n) is 11.0. The number of hydrogen-bond acceptors (Lipinski definition) is 7. The predicted molar refractivity (Wildman–Crippen MR) is 147 cm³/mol. The summed E-state index contributed by atoms with van der Waals surface area (Å²) >= 11 is 0. The lowest BCUT2D eigenvalue weighted by atomic mass is 9.88. The number of carbonyl (C=O) groups excluding carboxylic acids is 3. The van der Waals surface area contributed by atoms with Crippen molar-refractivity contribution in [3.05, 3.63) is 30.5 Å². The monoisotopic (exact) mass is 540 g/mol. The van der Waals surface area contributed by atoms with Crippen molar-refractivity contribution in [3.8, 4) is 5.75 Å². The lowest BCUT2D eigenvalue weighted by Gasteiger charge is -2.35. The van der Waals surface area contributed by atoms with E-state index in [1.54, 1.807) is 25.2 Å². The zero-order valence-electron chi connectivity index (χ0n) is 22.9. The number of hydrogen-bond donors (Lipinski definition) is 2. The summed E-state index contributed by atoms with van der Waals surface area (Å²) in [7, 11) is 3.32. The number of benzene rings is 1. The first-order chi connectivity index (χ1) is 18.9. The SMILES string of the molecule is C=C1Oc2ccc(N(C(=O)[C@H]3CNC[C@@H](C(=O)N[C@H]4CCC[C@@H]4OC)C3)C3CC3)cc2N(CCCOC)C1=O. The maximum Gasteiger partial charge on any atom is 0.293 e. The molecule has 0 spiro atoms. The van der Waals surface area contributed by atoms with Crippen LogP contribution in [0.2, 0.25) is 0 Å². The third-order valence-corrected chi connectivity index (χ3v) is 8.26. The van der Waals surface area contributed by atoms with Crippen molar-refractivity contribution in [2.45, 2.75) is 63.1 Å². The molecule has 2 saturated carbocycles. The van der Waals surface area contributed by atoms with Gasteiger partial charge in [-0.15, -0.1) is 0 Å². The molecule has 2 N–H and O–H groups in total. The van der Waals surface area contributed by atoms with E-state index in [1.165, 1.54) is 0 Å². The van der Waals surface area contributed by atoms with E-state index in [1.807, 2.05) is 17.0 Å². The Balaban J connectivity index is 1.32. The Kier molecular flexibility index (Phi) is 8.54. The van der Waals surface area contributed by atoms with Crippen LogP contribution in [0.5, 0.6) is 5.75 Å². The number of ether oxygens (including phenoxy) is 3. The number of carbonyl (C=O) groups is 3. The summed E-state index contributed by atoms with van der Waals surface area (Å²) in [6, 6.07) is 5.69. The number of piperidine rings is 1. The van der Waals surface area contributed by atoms with Gasteiger partial charge in [0.2, 0.25) is 11.8 Å². The molecule has 1 saturated heterocycles. The van der Waals surface area contributed by atoms with E-state index < -0.39 is 0 Å². The van der Waals surface area contributed by atoms with Crippen LogP contribution in [0.25, 0.3) is 0 Å². The number of nitrogens with zero attached hydrogens (tertiary/aromatic N) is 2. The molecular weight excluding hydrogens is 500 g/mol. The van der Waals surface area contributed by atoms with E-state index in [4.69, 9.17) is 14.2 Å². The van der Waals surface area contributed by atoms with E-state index in [0.29, 0.717) is 50.5 Å². The van der Waals surface area contributed by atoms with Crippen molar-refractivity contribution < 1.29 is 28.6 Å². The average Bonchev–Trinajstić information content (AvgIpc) is 3.68. The molecule has 4 aliphatic rings. The summed E-state index contributed by atoms with van der Waals surface area (Å²) < 4.78 is 16.4. The molecule has 0 radical (unpaired) electrons. The number of amides is 3. The van der Waals surface area contributed by atoms with Gasteiger partial charge in [0, 0.05) is 52.2 Å². The van der Waals surface area contributed by atoms with Gasteiger partial charge in [0.25, 0.3) is 5.91 Å².